The predicted octanol–water partition coefficient (Wildman–Crippen LogP) is 2.87. The third-order valence-corrected chi connectivity index (χ3v) is 4.16. The number of hydrogen-bond donors (Lipinski definition) is 1. The molecule has 6 heteroatoms. The average molecular weight is 292 g/mol. The molecular weight excluding hydrogens is 274 g/mol. The van der Waals surface area contributed by atoms with E-state index in [-0.39, 0.29) is 17.3 Å². The molecule has 0 radical (unpaired) electrons. The molecule has 1 aliphatic carbocycles. The smallest absolute Gasteiger partial charge is 0.282 e. The lowest BCUT2D eigenvalue weighted by atomic mass is 9.86. The molecule has 1 heterocycles. The number of pyridine rings is 1. The second-order valence-electron chi connectivity index (χ2n) is 4.67. The fraction of sp³-hybridized carbons (Fsp3) is 0.583. The van der Waals surface area contributed by atoms with Gasteiger partial charge in [-0.25, -0.2) is 0 Å². The van der Waals surface area contributed by atoms with E-state index in [2.05, 4.69) is 4.98 Å². The van der Waals surface area contributed by atoms with E-state index >= 15 is 0 Å². The summed E-state index contributed by atoms with van der Waals surface area (Å²) in [5.41, 5.74) is 0.907. The first-order valence-corrected chi connectivity index (χ1v) is 7.42. The van der Waals surface area contributed by atoms with Gasteiger partial charge in [0, 0.05) is 11.9 Å². The Hall–Kier alpha value is -0.650. The number of halogens is 1. The minimum absolute atomic E-state index is 0. The van der Waals surface area contributed by atoms with Gasteiger partial charge in [-0.1, -0.05) is 32.1 Å². The molecule has 1 aromatic rings. The molecule has 1 aromatic heterocycles. The van der Waals surface area contributed by atoms with Crippen molar-refractivity contribution in [3.63, 3.8) is 0 Å². The fourth-order valence-corrected chi connectivity index (χ4v) is 2.80. The summed E-state index contributed by atoms with van der Waals surface area (Å²) in [6.07, 6.45) is 8.51. The van der Waals surface area contributed by atoms with Crippen molar-refractivity contribution in [2.24, 2.45) is 5.92 Å². The van der Waals surface area contributed by atoms with Crippen molar-refractivity contribution in [1.82, 2.24) is 4.98 Å². The summed E-state index contributed by atoms with van der Waals surface area (Å²) in [7, 11) is -4.12. The SMILES string of the molecule is Cl.O=S(=O)(O)c1ccc(CC2CCCCC2)nc1. The van der Waals surface area contributed by atoms with Crippen LogP contribution in [0.5, 0.6) is 0 Å². The molecule has 0 aliphatic heterocycles. The Labute approximate surface area is 114 Å². The van der Waals surface area contributed by atoms with Gasteiger partial charge in [-0.05, 0) is 24.5 Å². The molecule has 0 saturated heterocycles. The quantitative estimate of drug-likeness (QED) is 0.870. The number of hydrogen-bond acceptors (Lipinski definition) is 3. The van der Waals surface area contributed by atoms with Crippen molar-refractivity contribution in [3.05, 3.63) is 24.0 Å². The molecule has 0 aromatic carbocycles. The summed E-state index contributed by atoms with van der Waals surface area (Å²) in [6, 6.07) is 3.11. The van der Waals surface area contributed by atoms with Crippen LogP contribution in [0.25, 0.3) is 0 Å². The molecule has 0 amide bonds. The molecule has 0 unspecified atom stereocenters. The van der Waals surface area contributed by atoms with Crippen LogP contribution >= 0.6 is 12.4 Å². The predicted molar refractivity (Wildman–Crippen MR) is 71.6 cm³/mol. The lowest BCUT2D eigenvalue weighted by Gasteiger charge is -2.20. The van der Waals surface area contributed by atoms with E-state index in [0.717, 1.165) is 12.1 Å². The number of nitrogens with zero attached hydrogens (tertiary/aromatic N) is 1. The Balaban J connectivity index is 0.00000162. The molecule has 4 nitrogen and oxygen atoms in total. The highest BCUT2D eigenvalue weighted by Crippen LogP contribution is 2.26. The molecule has 18 heavy (non-hydrogen) atoms. The van der Waals surface area contributed by atoms with Crippen LogP contribution in [0.4, 0.5) is 0 Å². The zero-order valence-electron chi connectivity index (χ0n) is 10.1. The highest BCUT2D eigenvalue weighted by atomic mass is 35.5. The van der Waals surface area contributed by atoms with Crippen LogP contribution in [0, 0.1) is 5.92 Å². The second kappa shape index (κ2) is 6.50. The van der Waals surface area contributed by atoms with Crippen LogP contribution in [-0.2, 0) is 16.5 Å². The van der Waals surface area contributed by atoms with Crippen LogP contribution in [-0.4, -0.2) is 18.0 Å². The molecule has 0 bridgehead atoms. The zero-order chi connectivity index (χ0) is 12.3. The Kier molecular flexibility index (Phi) is 5.56. The summed E-state index contributed by atoms with van der Waals surface area (Å²) in [5, 5.41) is 0. The molecular formula is C12H18ClNO3S. The molecule has 1 N–H and O–H groups in total. The first-order chi connectivity index (χ1) is 8.05. The zero-order valence-corrected chi connectivity index (χ0v) is 11.7. The fourth-order valence-electron chi connectivity index (χ4n) is 2.37. The van der Waals surface area contributed by atoms with Gasteiger partial charge in [-0.15, -0.1) is 12.4 Å². The summed E-state index contributed by atoms with van der Waals surface area (Å²) in [6.45, 7) is 0. The standard InChI is InChI=1S/C12H17NO3S.ClH/c14-17(15,16)12-7-6-11(13-9-12)8-10-4-2-1-3-5-10;/h6-7,9-10H,1-5,8H2,(H,14,15,16);1H. The molecule has 1 aliphatic rings. The van der Waals surface area contributed by atoms with Gasteiger partial charge in [0.1, 0.15) is 4.90 Å². The molecule has 2 rings (SSSR count). The summed E-state index contributed by atoms with van der Waals surface area (Å²) in [4.78, 5) is 3.97. The largest absolute Gasteiger partial charge is 0.296 e. The minimum atomic E-state index is -4.12. The van der Waals surface area contributed by atoms with E-state index in [1.807, 2.05) is 0 Å². The summed E-state index contributed by atoms with van der Waals surface area (Å²) < 4.78 is 30.5. The van der Waals surface area contributed by atoms with Gasteiger partial charge < -0.3 is 0 Å². The van der Waals surface area contributed by atoms with Crippen molar-refractivity contribution in [2.45, 2.75) is 43.4 Å². The van der Waals surface area contributed by atoms with Gasteiger partial charge in [0.25, 0.3) is 10.1 Å². The Bertz CT molecular complexity index is 467. The average Bonchev–Trinajstić information content (AvgIpc) is 2.30. The third kappa shape index (κ3) is 4.23. The lowest BCUT2D eigenvalue weighted by Crippen LogP contribution is -2.10. The molecule has 1 fully saturated rings. The van der Waals surface area contributed by atoms with Crippen LogP contribution in [0.1, 0.15) is 37.8 Å². The maximum atomic E-state index is 10.8. The Morgan fingerprint density at radius 2 is 1.89 bits per heavy atom. The van der Waals surface area contributed by atoms with E-state index in [1.165, 1.54) is 44.4 Å². The van der Waals surface area contributed by atoms with Crippen LogP contribution in [0.2, 0.25) is 0 Å². The minimum Gasteiger partial charge on any atom is -0.282 e. The van der Waals surface area contributed by atoms with Gasteiger partial charge in [0.2, 0.25) is 0 Å². The van der Waals surface area contributed by atoms with E-state index < -0.39 is 10.1 Å². The number of rotatable bonds is 3. The first-order valence-electron chi connectivity index (χ1n) is 5.98. The monoisotopic (exact) mass is 291 g/mol. The molecule has 1 saturated carbocycles. The van der Waals surface area contributed by atoms with Crippen LogP contribution in [0.3, 0.4) is 0 Å². The van der Waals surface area contributed by atoms with Gasteiger partial charge >= 0.3 is 0 Å². The Morgan fingerprint density at radius 1 is 1.22 bits per heavy atom. The van der Waals surface area contributed by atoms with Crippen molar-refractivity contribution >= 4 is 22.5 Å². The Morgan fingerprint density at radius 3 is 2.39 bits per heavy atom. The summed E-state index contributed by atoms with van der Waals surface area (Å²) >= 11 is 0. The second-order valence-corrected chi connectivity index (χ2v) is 6.09. The highest BCUT2D eigenvalue weighted by Gasteiger charge is 2.15. The molecule has 0 atom stereocenters. The summed E-state index contributed by atoms with van der Waals surface area (Å²) in [5.74, 6) is 0.674. The first kappa shape index (κ1) is 15.4. The third-order valence-electron chi connectivity index (χ3n) is 3.32. The van der Waals surface area contributed by atoms with Crippen molar-refractivity contribution in [2.75, 3.05) is 0 Å². The van der Waals surface area contributed by atoms with Gasteiger partial charge in [-0.2, -0.15) is 8.42 Å². The number of aromatic nitrogens is 1. The van der Waals surface area contributed by atoms with E-state index in [1.54, 1.807) is 6.07 Å². The van der Waals surface area contributed by atoms with Crippen LogP contribution < -0.4 is 0 Å². The topological polar surface area (TPSA) is 67.3 Å². The molecule has 102 valence electrons. The van der Waals surface area contributed by atoms with Crippen molar-refractivity contribution < 1.29 is 13.0 Å². The maximum Gasteiger partial charge on any atom is 0.296 e. The van der Waals surface area contributed by atoms with Gasteiger partial charge in [0.15, 0.2) is 0 Å². The van der Waals surface area contributed by atoms with E-state index in [4.69, 9.17) is 4.55 Å². The molecule has 0 spiro atoms. The maximum absolute atomic E-state index is 10.8. The lowest BCUT2D eigenvalue weighted by molar-refractivity contribution is 0.354. The van der Waals surface area contributed by atoms with E-state index in [9.17, 15) is 8.42 Å². The van der Waals surface area contributed by atoms with E-state index in [0.29, 0.717) is 5.92 Å². The van der Waals surface area contributed by atoms with Crippen LogP contribution in [0.15, 0.2) is 23.2 Å². The normalized spacial score (nSPS) is 17.2. The van der Waals surface area contributed by atoms with Gasteiger partial charge in [-0.3, -0.25) is 9.54 Å². The highest BCUT2D eigenvalue weighted by molar-refractivity contribution is 7.85. The van der Waals surface area contributed by atoms with Crippen molar-refractivity contribution in [1.29, 1.82) is 0 Å². The van der Waals surface area contributed by atoms with Gasteiger partial charge in [0.05, 0.1) is 0 Å². The van der Waals surface area contributed by atoms with Crippen molar-refractivity contribution in [3.8, 4) is 0 Å².